The molecule has 2 aromatic carbocycles. The van der Waals surface area contributed by atoms with Crippen LogP contribution in [-0.2, 0) is 6.54 Å². The van der Waals surface area contributed by atoms with Gasteiger partial charge >= 0.3 is 0 Å². The van der Waals surface area contributed by atoms with Gasteiger partial charge in [0.15, 0.2) is 0 Å². The third kappa shape index (κ3) is 5.40. The molecule has 0 heterocycles. The normalized spacial score (nSPS) is 18.5. The average molecular weight is 434 g/mol. The van der Waals surface area contributed by atoms with Crippen LogP contribution in [0.5, 0.6) is 5.75 Å². The zero-order valence-electron chi connectivity index (χ0n) is 16.6. The van der Waals surface area contributed by atoms with Crippen molar-refractivity contribution >= 4 is 28.9 Å². The molecular formula is C21H24ClN3O5. The first-order valence-electron chi connectivity index (χ1n) is 9.71. The monoisotopic (exact) mass is 433 g/mol. The highest BCUT2D eigenvalue weighted by atomic mass is 35.5. The van der Waals surface area contributed by atoms with E-state index in [0.717, 1.165) is 12.8 Å². The van der Waals surface area contributed by atoms with Gasteiger partial charge in [-0.05, 0) is 55.5 Å². The molecule has 0 bridgehead atoms. The van der Waals surface area contributed by atoms with E-state index in [1.807, 2.05) is 0 Å². The molecule has 1 saturated carbocycles. The lowest BCUT2D eigenvalue weighted by Crippen LogP contribution is -2.30. The fourth-order valence-corrected chi connectivity index (χ4v) is 3.67. The maximum Gasteiger partial charge on any atom is 0.270 e. The molecule has 2 aromatic rings. The van der Waals surface area contributed by atoms with Gasteiger partial charge in [-0.25, -0.2) is 0 Å². The minimum absolute atomic E-state index is 0.0919. The second kappa shape index (κ2) is 9.77. The number of benzene rings is 2. The summed E-state index contributed by atoms with van der Waals surface area (Å²) in [6.45, 7) is 0.145. The Morgan fingerprint density at radius 3 is 2.63 bits per heavy atom. The van der Waals surface area contributed by atoms with E-state index in [1.165, 1.54) is 19.2 Å². The minimum atomic E-state index is -0.531. The maximum absolute atomic E-state index is 12.9. The van der Waals surface area contributed by atoms with Crippen molar-refractivity contribution in [1.29, 1.82) is 0 Å². The number of methoxy groups -OCH3 is 1. The van der Waals surface area contributed by atoms with Crippen LogP contribution in [0.25, 0.3) is 0 Å². The van der Waals surface area contributed by atoms with Crippen LogP contribution in [0.2, 0.25) is 5.02 Å². The molecule has 9 heteroatoms. The van der Waals surface area contributed by atoms with Gasteiger partial charge in [0.05, 0.1) is 23.7 Å². The summed E-state index contributed by atoms with van der Waals surface area (Å²) in [5.41, 5.74) is 1.22. The summed E-state index contributed by atoms with van der Waals surface area (Å²) < 4.78 is 5.18. The smallest absolute Gasteiger partial charge is 0.270 e. The van der Waals surface area contributed by atoms with E-state index in [2.05, 4.69) is 10.6 Å². The van der Waals surface area contributed by atoms with Crippen LogP contribution in [-0.4, -0.2) is 35.2 Å². The van der Waals surface area contributed by atoms with Crippen LogP contribution >= 0.6 is 11.6 Å². The van der Waals surface area contributed by atoms with Crippen LogP contribution in [0.15, 0.2) is 36.4 Å². The van der Waals surface area contributed by atoms with Crippen molar-refractivity contribution in [1.82, 2.24) is 5.32 Å². The van der Waals surface area contributed by atoms with Crippen molar-refractivity contribution in [2.45, 2.75) is 44.4 Å². The van der Waals surface area contributed by atoms with Gasteiger partial charge in [0.2, 0.25) is 0 Å². The van der Waals surface area contributed by atoms with Crippen LogP contribution < -0.4 is 15.4 Å². The predicted molar refractivity (Wildman–Crippen MR) is 114 cm³/mol. The van der Waals surface area contributed by atoms with E-state index in [0.29, 0.717) is 34.9 Å². The number of halogens is 1. The standard InChI is InChI=1S/C21H24ClN3O5/c1-30-17-7-8-19(22)13(10-17)12-23-21(27)18-11-15(25(28)29)4-9-20(18)24-14-2-5-16(26)6-3-14/h4,7-11,14,16,24,26H,2-3,5-6,12H2,1H3,(H,23,27)/t14-,16+. The van der Waals surface area contributed by atoms with Crippen LogP contribution in [0.4, 0.5) is 11.4 Å². The first-order valence-corrected chi connectivity index (χ1v) is 10.1. The van der Waals surface area contributed by atoms with Gasteiger partial charge in [0, 0.05) is 35.4 Å². The molecule has 1 amide bonds. The number of nitrogens with one attached hydrogen (secondary N) is 2. The molecule has 30 heavy (non-hydrogen) atoms. The number of hydrogen-bond donors (Lipinski definition) is 3. The lowest BCUT2D eigenvalue weighted by molar-refractivity contribution is -0.384. The molecule has 0 unspecified atom stereocenters. The number of amides is 1. The number of non-ortho nitro benzene ring substituents is 1. The zero-order chi connectivity index (χ0) is 21.7. The Bertz CT molecular complexity index is 929. The van der Waals surface area contributed by atoms with Crippen molar-refractivity contribution in [2.75, 3.05) is 12.4 Å². The SMILES string of the molecule is COc1ccc(Cl)c(CNC(=O)c2cc([N+](=O)[O-])ccc2N[C@H]2CC[C@@H](O)CC2)c1. The van der Waals surface area contributed by atoms with Crippen LogP contribution in [0.3, 0.4) is 0 Å². The predicted octanol–water partition coefficient (Wildman–Crippen LogP) is 3.90. The quantitative estimate of drug-likeness (QED) is 0.450. The number of aliphatic hydroxyl groups is 1. The number of ether oxygens (including phenoxy) is 1. The Morgan fingerprint density at radius 1 is 1.23 bits per heavy atom. The number of hydrogen-bond acceptors (Lipinski definition) is 6. The summed E-state index contributed by atoms with van der Waals surface area (Å²) >= 11 is 6.19. The Labute approximate surface area is 179 Å². The van der Waals surface area contributed by atoms with E-state index in [-0.39, 0.29) is 29.9 Å². The largest absolute Gasteiger partial charge is 0.497 e. The Balaban J connectivity index is 1.78. The van der Waals surface area contributed by atoms with E-state index < -0.39 is 10.8 Å². The van der Waals surface area contributed by atoms with Crippen molar-refractivity contribution in [3.05, 3.63) is 62.7 Å². The molecule has 0 aromatic heterocycles. The van der Waals surface area contributed by atoms with Crippen molar-refractivity contribution in [2.24, 2.45) is 0 Å². The molecule has 0 spiro atoms. The molecular weight excluding hydrogens is 410 g/mol. The van der Waals surface area contributed by atoms with Gasteiger partial charge in [-0.1, -0.05) is 11.6 Å². The number of anilines is 1. The maximum atomic E-state index is 12.9. The van der Waals surface area contributed by atoms with Crippen LogP contribution in [0.1, 0.15) is 41.6 Å². The molecule has 0 atom stereocenters. The van der Waals surface area contributed by atoms with Gasteiger partial charge < -0.3 is 20.5 Å². The molecule has 0 radical (unpaired) electrons. The molecule has 0 saturated heterocycles. The molecule has 1 aliphatic rings. The Kier molecular flexibility index (Phi) is 7.12. The average Bonchev–Trinajstić information content (AvgIpc) is 2.74. The van der Waals surface area contributed by atoms with Gasteiger partial charge in [0.25, 0.3) is 11.6 Å². The fourth-order valence-electron chi connectivity index (χ4n) is 3.48. The zero-order valence-corrected chi connectivity index (χ0v) is 17.3. The minimum Gasteiger partial charge on any atom is -0.497 e. The third-order valence-electron chi connectivity index (χ3n) is 5.21. The third-order valence-corrected chi connectivity index (χ3v) is 5.58. The van der Waals surface area contributed by atoms with Crippen LogP contribution in [0, 0.1) is 10.1 Å². The molecule has 0 aliphatic heterocycles. The lowest BCUT2D eigenvalue weighted by Gasteiger charge is -2.27. The summed E-state index contributed by atoms with van der Waals surface area (Å²) in [6.07, 6.45) is 2.59. The first-order chi connectivity index (χ1) is 14.4. The summed E-state index contributed by atoms with van der Waals surface area (Å²) in [7, 11) is 1.54. The highest BCUT2D eigenvalue weighted by Gasteiger charge is 2.23. The summed E-state index contributed by atoms with van der Waals surface area (Å²) in [4.78, 5) is 23.6. The van der Waals surface area contributed by atoms with E-state index in [9.17, 15) is 20.0 Å². The fraction of sp³-hybridized carbons (Fsp3) is 0.381. The topological polar surface area (TPSA) is 114 Å². The highest BCUT2D eigenvalue weighted by Crippen LogP contribution is 2.27. The van der Waals surface area contributed by atoms with Gasteiger partial charge in [-0.15, -0.1) is 0 Å². The molecule has 1 aliphatic carbocycles. The van der Waals surface area contributed by atoms with Gasteiger partial charge in [0.1, 0.15) is 5.75 Å². The number of rotatable bonds is 7. The number of nitro benzene ring substituents is 1. The highest BCUT2D eigenvalue weighted by molar-refractivity contribution is 6.31. The summed E-state index contributed by atoms with van der Waals surface area (Å²) in [5, 5.41) is 27.4. The number of carbonyl (C=O) groups is 1. The Hall–Kier alpha value is -2.84. The number of nitro groups is 1. The first kappa shape index (κ1) is 21.9. The molecule has 1 fully saturated rings. The molecule has 3 N–H and O–H groups in total. The number of nitrogens with zero attached hydrogens (tertiary/aromatic N) is 1. The number of aliphatic hydroxyl groups excluding tert-OH is 1. The van der Waals surface area contributed by atoms with Gasteiger partial charge in [-0.2, -0.15) is 0 Å². The molecule has 3 rings (SSSR count). The van der Waals surface area contributed by atoms with Crippen molar-refractivity contribution < 1.29 is 19.6 Å². The van der Waals surface area contributed by atoms with E-state index in [1.54, 1.807) is 24.3 Å². The van der Waals surface area contributed by atoms with E-state index in [4.69, 9.17) is 16.3 Å². The lowest BCUT2D eigenvalue weighted by atomic mass is 9.92. The second-order valence-corrected chi connectivity index (χ2v) is 7.68. The van der Waals surface area contributed by atoms with Crippen molar-refractivity contribution in [3.8, 4) is 5.75 Å². The second-order valence-electron chi connectivity index (χ2n) is 7.28. The Morgan fingerprint density at radius 2 is 1.97 bits per heavy atom. The van der Waals surface area contributed by atoms with E-state index >= 15 is 0 Å². The molecule has 8 nitrogen and oxygen atoms in total. The molecule has 160 valence electrons. The van der Waals surface area contributed by atoms with Gasteiger partial charge in [-0.3, -0.25) is 14.9 Å². The summed E-state index contributed by atoms with van der Waals surface area (Å²) in [5.74, 6) is 0.164. The number of carbonyl (C=O) groups excluding carboxylic acids is 1. The summed E-state index contributed by atoms with van der Waals surface area (Å²) in [6, 6.07) is 9.41. The van der Waals surface area contributed by atoms with Crippen molar-refractivity contribution in [3.63, 3.8) is 0 Å².